The van der Waals surface area contributed by atoms with Crippen molar-refractivity contribution in [3.8, 4) is 0 Å². The minimum atomic E-state index is -1.24. The van der Waals surface area contributed by atoms with E-state index in [0.717, 1.165) is 0 Å². The maximum absolute atomic E-state index is 13.1. The first-order chi connectivity index (χ1) is 15.0. The van der Waals surface area contributed by atoms with Crippen molar-refractivity contribution >= 4 is 23.7 Å². The predicted octanol–water partition coefficient (Wildman–Crippen LogP) is -1.64. The van der Waals surface area contributed by atoms with Crippen LogP contribution in [0.3, 0.4) is 0 Å². The largest absolute Gasteiger partial charge is 0.480 e. The molecule has 0 aliphatic carbocycles. The van der Waals surface area contributed by atoms with Crippen molar-refractivity contribution < 1.29 is 29.4 Å². The zero-order valence-electron chi connectivity index (χ0n) is 18.4. The molecule has 32 heavy (non-hydrogen) atoms. The van der Waals surface area contributed by atoms with Gasteiger partial charge in [0.1, 0.15) is 24.2 Å². The number of imidazole rings is 1. The lowest BCUT2D eigenvalue weighted by atomic mass is 10.0. The summed E-state index contributed by atoms with van der Waals surface area (Å²) in [5.41, 5.74) is 6.24. The summed E-state index contributed by atoms with van der Waals surface area (Å²) in [5, 5.41) is 24.1. The van der Waals surface area contributed by atoms with Crippen LogP contribution in [0.4, 0.5) is 0 Å². The average Bonchev–Trinajstić information content (AvgIpc) is 3.41. The number of carboxylic acids is 1. The summed E-state index contributed by atoms with van der Waals surface area (Å²) < 4.78 is 0. The normalized spacial score (nSPS) is 19.8. The standard InChI is InChI=1S/C20H32N6O6/c1-10(2)16(19(30)26-6-4-5-14(26)20(31)32)25-17(28)13(7-12-8-22-9-23-12)24-18(29)15(21)11(3)27/h8-11,13-16,27H,4-7,21H2,1-3H3,(H,22,23)(H,24,29)(H,25,28)(H,31,32). The topological polar surface area (TPSA) is 191 Å². The van der Waals surface area contributed by atoms with Gasteiger partial charge < -0.3 is 36.5 Å². The number of rotatable bonds is 10. The zero-order valence-corrected chi connectivity index (χ0v) is 18.4. The van der Waals surface area contributed by atoms with E-state index >= 15 is 0 Å². The summed E-state index contributed by atoms with van der Waals surface area (Å²) in [6.45, 7) is 5.13. The molecule has 2 heterocycles. The molecule has 1 aliphatic rings. The molecular formula is C20H32N6O6. The first-order valence-electron chi connectivity index (χ1n) is 10.6. The third-order valence-corrected chi connectivity index (χ3v) is 5.49. The van der Waals surface area contributed by atoms with Crippen LogP contribution < -0.4 is 16.4 Å². The summed E-state index contributed by atoms with van der Waals surface area (Å²) in [6, 6.07) is -4.24. The lowest BCUT2D eigenvalue weighted by Crippen LogP contribution is -2.59. The molecule has 0 radical (unpaired) electrons. The molecule has 1 saturated heterocycles. The minimum Gasteiger partial charge on any atom is -0.480 e. The van der Waals surface area contributed by atoms with Crippen molar-refractivity contribution in [1.82, 2.24) is 25.5 Å². The maximum atomic E-state index is 13.1. The Bertz CT molecular complexity index is 812. The average molecular weight is 453 g/mol. The number of hydrogen-bond acceptors (Lipinski definition) is 7. The molecule has 3 amide bonds. The number of likely N-dealkylation sites (tertiary alicyclic amines) is 1. The number of aromatic amines is 1. The lowest BCUT2D eigenvalue weighted by Gasteiger charge is -2.30. The second-order valence-electron chi connectivity index (χ2n) is 8.37. The van der Waals surface area contributed by atoms with Crippen LogP contribution in [0.1, 0.15) is 39.3 Å². The molecule has 178 valence electrons. The number of aliphatic carboxylic acids is 1. The van der Waals surface area contributed by atoms with Crippen molar-refractivity contribution in [3.63, 3.8) is 0 Å². The Balaban J connectivity index is 2.19. The number of nitrogens with zero attached hydrogens (tertiary/aromatic N) is 2. The molecule has 0 aromatic carbocycles. The number of nitrogens with two attached hydrogens (primary N) is 1. The summed E-state index contributed by atoms with van der Waals surface area (Å²) in [5.74, 6) is -3.25. The Kier molecular flexibility index (Phi) is 8.72. The minimum absolute atomic E-state index is 0.0462. The number of hydrogen-bond donors (Lipinski definition) is 6. The van der Waals surface area contributed by atoms with Crippen molar-refractivity contribution in [1.29, 1.82) is 0 Å². The van der Waals surface area contributed by atoms with E-state index in [2.05, 4.69) is 20.6 Å². The number of aliphatic hydroxyl groups excluding tert-OH is 1. The quantitative estimate of drug-likeness (QED) is 0.243. The van der Waals surface area contributed by atoms with E-state index in [4.69, 9.17) is 5.73 Å². The van der Waals surface area contributed by atoms with Gasteiger partial charge in [-0.05, 0) is 25.7 Å². The molecule has 1 aliphatic heterocycles. The molecule has 5 atom stereocenters. The van der Waals surface area contributed by atoms with Crippen LogP contribution in [0.25, 0.3) is 0 Å². The highest BCUT2D eigenvalue weighted by molar-refractivity contribution is 5.94. The molecule has 1 fully saturated rings. The fourth-order valence-electron chi connectivity index (χ4n) is 3.55. The fraction of sp³-hybridized carbons (Fsp3) is 0.650. The number of H-pyrrole nitrogens is 1. The van der Waals surface area contributed by atoms with Gasteiger partial charge in [-0.15, -0.1) is 0 Å². The molecule has 0 saturated carbocycles. The molecular weight excluding hydrogens is 420 g/mol. The molecule has 12 nitrogen and oxygen atoms in total. The summed E-state index contributed by atoms with van der Waals surface area (Å²) >= 11 is 0. The smallest absolute Gasteiger partial charge is 0.326 e. The van der Waals surface area contributed by atoms with Gasteiger partial charge in [0, 0.05) is 24.9 Å². The Morgan fingerprint density at radius 3 is 2.47 bits per heavy atom. The second-order valence-corrected chi connectivity index (χ2v) is 8.37. The Labute approximate surface area is 185 Å². The number of aromatic nitrogens is 2. The molecule has 0 bridgehead atoms. The molecule has 12 heteroatoms. The van der Waals surface area contributed by atoms with E-state index in [1.807, 2.05) is 0 Å². The number of carbonyl (C=O) groups excluding carboxylic acids is 3. The first-order valence-corrected chi connectivity index (χ1v) is 10.6. The van der Waals surface area contributed by atoms with Crippen molar-refractivity contribution in [2.45, 2.75) is 70.3 Å². The van der Waals surface area contributed by atoms with Crippen LogP contribution in [0, 0.1) is 5.92 Å². The Hall–Kier alpha value is -2.99. The molecule has 2 rings (SSSR count). The van der Waals surface area contributed by atoms with Gasteiger partial charge >= 0.3 is 5.97 Å². The predicted molar refractivity (Wildman–Crippen MR) is 113 cm³/mol. The third-order valence-electron chi connectivity index (χ3n) is 5.49. The van der Waals surface area contributed by atoms with Crippen molar-refractivity contribution in [3.05, 3.63) is 18.2 Å². The van der Waals surface area contributed by atoms with Crippen LogP contribution >= 0.6 is 0 Å². The molecule has 7 N–H and O–H groups in total. The highest BCUT2D eigenvalue weighted by Gasteiger charge is 2.39. The van der Waals surface area contributed by atoms with Gasteiger partial charge in [0.05, 0.1) is 12.4 Å². The number of amides is 3. The van der Waals surface area contributed by atoms with Gasteiger partial charge in [0.25, 0.3) is 0 Å². The van der Waals surface area contributed by atoms with E-state index in [1.165, 1.54) is 24.3 Å². The van der Waals surface area contributed by atoms with E-state index in [9.17, 15) is 29.4 Å². The molecule has 0 spiro atoms. The van der Waals surface area contributed by atoms with E-state index in [-0.39, 0.29) is 12.3 Å². The zero-order chi connectivity index (χ0) is 24.0. The van der Waals surface area contributed by atoms with Crippen LogP contribution in [0.5, 0.6) is 0 Å². The van der Waals surface area contributed by atoms with Crippen LogP contribution in [0.2, 0.25) is 0 Å². The summed E-state index contributed by atoms with van der Waals surface area (Å²) in [4.78, 5) is 58.1. The van der Waals surface area contributed by atoms with Gasteiger partial charge in [-0.25, -0.2) is 9.78 Å². The van der Waals surface area contributed by atoms with Gasteiger partial charge in [-0.2, -0.15) is 0 Å². The Morgan fingerprint density at radius 1 is 1.25 bits per heavy atom. The third kappa shape index (κ3) is 6.26. The van der Waals surface area contributed by atoms with Crippen LogP contribution in [0.15, 0.2) is 12.5 Å². The highest BCUT2D eigenvalue weighted by atomic mass is 16.4. The number of carboxylic acid groups (broad SMARTS) is 1. The van der Waals surface area contributed by atoms with Crippen molar-refractivity contribution in [2.75, 3.05) is 6.54 Å². The summed E-state index contributed by atoms with van der Waals surface area (Å²) in [6.07, 6.45) is 2.76. The van der Waals surface area contributed by atoms with Crippen molar-refractivity contribution in [2.24, 2.45) is 11.7 Å². The maximum Gasteiger partial charge on any atom is 0.326 e. The highest BCUT2D eigenvalue weighted by Crippen LogP contribution is 2.20. The lowest BCUT2D eigenvalue weighted by molar-refractivity contribution is -0.150. The van der Waals surface area contributed by atoms with E-state index in [0.29, 0.717) is 25.1 Å². The van der Waals surface area contributed by atoms with Gasteiger partial charge in [-0.1, -0.05) is 13.8 Å². The van der Waals surface area contributed by atoms with Crippen LogP contribution in [-0.4, -0.2) is 85.6 Å². The fourth-order valence-corrected chi connectivity index (χ4v) is 3.55. The molecule has 5 unspecified atom stereocenters. The molecule has 1 aromatic heterocycles. The summed E-state index contributed by atoms with van der Waals surface area (Å²) in [7, 11) is 0. The first kappa shape index (κ1) is 25.3. The van der Waals surface area contributed by atoms with Gasteiger partial charge in [-0.3, -0.25) is 14.4 Å². The number of aliphatic hydroxyl groups is 1. The van der Waals surface area contributed by atoms with Crippen LogP contribution in [-0.2, 0) is 25.6 Å². The van der Waals surface area contributed by atoms with Gasteiger partial charge in [0.15, 0.2) is 0 Å². The number of carbonyl (C=O) groups is 4. The van der Waals surface area contributed by atoms with E-state index in [1.54, 1.807) is 13.8 Å². The monoisotopic (exact) mass is 452 g/mol. The molecule has 1 aromatic rings. The van der Waals surface area contributed by atoms with E-state index < -0.39 is 54.0 Å². The van der Waals surface area contributed by atoms with Gasteiger partial charge in [0.2, 0.25) is 17.7 Å². The SMILES string of the molecule is CC(C)C(NC(=O)C(Cc1cnc[nH]1)NC(=O)C(N)C(C)O)C(=O)N1CCCC1C(=O)O. The second kappa shape index (κ2) is 11.0. The number of nitrogens with one attached hydrogen (secondary N) is 3. The Morgan fingerprint density at radius 2 is 1.94 bits per heavy atom.